The summed E-state index contributed by atoms with van der Waals surface area (Å²) in [5.41, 5.74) is 2.34. The van der Waals surface area contributed by atoms with Crippen LogP contribution in [-0.4, -0.2) is 41.6 Å². The quantitative estimate of drug-likeness (QED) is 0.669. The van der Waals surface area contributed by atoms with Gasteiger partial charge in [0.15, 0.2) is 5.82 Å². The molecule has 3 aromatic rings. The summed E-state index contributed by atoms with van der Waals surface area (Å²) in [5.74, 6) is 2.80. The molecule has 0 saturated carbocycles. The van der Waals surface area contributed by atoms with Crippen LogP contribution in [0.1, 0.15) is 18.4 Å². The highest BCUT2D eigenvalue weighted by Crippen LogP contribution is 2.26. The summed E-state index contributed by atoms with van der Waals surface area (Å²) in [6.07, 6.45) is 7.12. The van der Waals surface area contributed by atoms with Crippen molar-refractivity contribution >= 4 is 11.6 Å². The van der Waals surface area contributed by atoms with E-state index >= 15 is 0 Å². The van der Waals surface area contributed by atoms with E-state index in [0.717, 1.165) is 49.1 Å². The van der Waals surface area contributed by atoms with E-state index in [9.17, 15) is 0 Å². The molecule has 0 unspecified atom stereocenters. The van der Waals surface area contributed by atoms with E-state index in [1.54, 1.807) is 0 Å². The normalized spacial score (nSPS) is 13.7. The number of anilines is 2. The van der Waals surface area contributed by atoms with Crippen molar-refractivity contribution in [2.24, 2.45) is 0 Å². The van der Waals surface area contributed by atoms with Gasteiger partial charge in [-0.2, -0.15) is 0 Å². The maximum absolute atomic E-state index is 4.87. The smallest absolute Gasteiger partial charge is 0.163 e. The topological polar surface area (TPSA) is 45.2 Å². The van der Waals surface area contributed by atoms with E-state index in [1.165, 1.54) is 18.4 Å². The Hall–Kier alpha value is -2.95. The second-order valence-electron chi connectivity index (χ2n) is 7.00. The lowest BCUT2D eigenvalue weighted by atomic mass is 10.2. The molecule has 27 heavy (non-hydrogen) atoms. The molecule has 1 fully saturated rings. The highest BCUT2D eigenvalue weighted by molar-refractivity contribution is 5.62. The molecular weight excluding hydrogens is 334 g/mol. The number of aromatic nitrogens is 3. The molecule has 2 aromatic heterocycles. The molecule has 1 aromatic carbocycles. The van der Waals surface area contributed by atoms with Crippen LogP contribution in [0.5, 0.6) is 0 Å². The third-order valence-electron chi connectivity index (χ3n) is 5.04. The molecule has 0 atom stereocenters. The van der Waals surface area contributed by atoms with E-state index in [1.807, 2.05) is 30.6 Å². The molecule has 0 radical (unpaired) electrons. The largest absolute Gasteiger partial charge is 0.359 e. The molecule has 1 aliphatic heterocycles. The van der Waals surface area contributed by atoms with Crippen molar-refractivity contribution < 1.29 is 0 Å². The van der Waals surface area contributed by atoms with E-state index in [4.69, 9.17) is 9.97 Å². The van der Waals surface area contributed by atoms with Gasteiger partial charge in [-0.1, -0.05) is 30.3 Å². The van der Waals surface area contributed by atoms with Crippen molar-refractivity contribution in [1.82, 2.24) is 15.0 Å². The summed E-state index contributed by atoms with van der Waals surface area (Å²) >= 11 is 0. The summed E-state index contributed by atoms with van der Waals surface area (Å²) in [6, 6.07) is 16.5. The number of pyridine rings is 1. The lowest BCUT2D eigenvalue weighted by molar-refractivity contribution is 0.849. The van der Waals surface area contributed by atoms with Crippen LogP contribution in [0.2, 0.25) is 0 Å². The zero-order valence-corrected chi connectivity index (χ0v) is 15.8. The number of likely N-dealkylation sites (N-methyl/N-ethyl adjacent to an activating group) is 1. The molecule has 5 heteroatoms. The Bertz CT molecular complexity index is 860. The van der Waals surface area contributed by atoms with Gasteiger partial charge in [0.25, 0.3) is 0 Å². The Labute approximate surface area is 160 Å². The van der Waals surface area contributed by atoms with Crippen LogP contribution in [0, 0.1) is 0 Å². The first-order valence-electron chi connectivity index (χ1n) is 9.59. The van der Waals surface area contributed by atoms with Gasteiger partial charge in [0.1, 0.15) is 11.6 Å². The van der Waals surface area contributed by atoms with E-state index in [2.05, 4.69) is 52.2 Å². The first-order valence-corrected chi connectivity index (χ1v) is 9.59. The minimum Gasteiger partial charge on any atom is -0.359 e. The fraction of sp³-hybridized carbons (Fsp3) is 0.318. The van der Waals surface area contributed by atoms with Gasteiger partial charge in [-0.3, -0.25) is 4.98 Å². The summed E-state index contributed by atoms with van der Waals surface area (Å²) in [6.45, 7) is 3.05. The summed E-state index contributed by atoms with van der Waals surface area (Å²) < 4.78 is 0. The summed E-state index contributed by atoms with van der Waals surface area (Å²) in [7, 11) is 2.10. The minimum atomic E-state index is 0.797. The van der Waals surface area contributed by atoms with Crippen LogP contribution in [0.3, 0.4) is 0 Å². The van der Waals surface area contributed by atoms with E-state index in [-0.39, 0.29) is 0 Å². The van der Waals surface area contributed by atoms with Crippen molar-refractivity contribution in [2.75, 3.05) is 36.5 Å². The van der Waals surface area contributed by atoms with Crippen molar-refractivity contribution in [2.45, 2.75) is 19.3 Å². The molecule has 4 rings (SSSR count). The molecule has 0 bridgehead atoms. The average molecular weight is 359 g/mol. The van der Waals surface area contributed by atoms with Crippen LogP contribution in [0.25, 0.3) is 11.4 Å². The lowest BCUT2D eigenvalue weighted by Gasteiger charge is -2.23. The van der Waals surface area contributed by atoms with Crippen molar-refractivity contribution in [1.29, 1.82) is 0 Å². The van der Waals surface area contributed by atoms with Gasteiger partial charge in [0, 0.05) is 50.7 Å². The van der Waals surface area contributed by atoms with E-state index in [0.29, 0.717) is 0 Å². The number of hydrogen-bond donors (Lipinski definition) is 0. The second kappa shape index (κ2) is 8.16. The second-order valence-corrected chi connectivity index (χ2v) is 7.00. The third kappa shape index (κ3) is 4.25. The summed E-state index contributed by atoms with van der Waals surface area (Å²) in [4.78, 5) is 18.4. The highest BCUT2D eigenvalue weighted by Gasteiger charge is 2.17. The fourth-order valence-electron chi connectivity index (χ4n) is 3.40. The average Bonchev–Trinajstić information content (AvgIpc) is 3.28. The van der Waals surface area contributed by atoms with Crippen LogP contribution in [-0.2, 0) is 6.42 Å². The van der Waals surface area contributed by atoms with Gasteiger partial charge >= 0.3 is 0 Å². The van der Waals surface area contributed by atoms with Gasteiger partial charge in [0.2, 0.25) is 0 Å². The zero-order valence-electron chi connectivity index (χ0n) is 15.8. The number of nitrogens with zero attached hydrogens (tertiary/aromatic N) is 5. The number of benzene rings is 1. The Morgan fingerprint density at radius 1 is 0.963 bits per heavy atom. The predicted molar refractivity (Wildman–Crippen MR) is 110 cm³/mol. The Morgan fingerprint density at radius 2 is 1.70 bits per heavy atom. The van der Waals surface area contributed by atoms with Gasteiger partial charge in [0.05, 0.1) is 0 Å². The highest BCUT2D eigenvalue weighted by atomic mass is 15.2. The third-order valence-corrected chi connectivity index (χ3v) is 5.04. The molecule has 0 amide bonds. The number of rotatable bonds is 6. The van der Waals surface area contributed by atoms with Gasteiger partial charge < -0.3 is 9.80 Å². The van der Waals surface area contributed by atoms with Crippen LogP contribution >= 0.6 is 0 Å². The molecule has 0 spiro atoms. The molecule has 5 nitrogen and oxygen atoms in total. The number of hydrogen-bond acceptors (Lipinski definition) is 5. The first kappa shape index (κ1) is 17.5. The molecular formula is C22H25N5. The van der Waals surface area contributed by atoms with Gasteiger partial charge in [-0.05, 0) is 37.0 Å². The van der Waals surface area contributed by atoms with Gasteiger partial charge in [-0.25, -0.2) is 9.97 Å². The molecule has 1 saturated heterocycles. The lowest BCUT2D eigenvalue weighted by Crippen LogP contribution is -2.24. The van der Waals surface area contributed by atoms with Crippen molar-refractivity contribution in [3.8, 4) is 11.4 Å². The minimum absolute atomic E-state index is 0.797. The molecule has 0 N–H and O–H groups in total. The first-order chi connectivity index (χ1) is 13.3. The Morgan fingerprint density at radius 3 is 2.44 bits per heavy atom. The standard InChI is InChI=1S/C22H25N5/c1-26(16-11-18-9-12-23-13-10-18)20-17-21(27-14-5-6-15-27)25-22(24-20)19-7-3-2-4-8-19/h2-4,7-10,12-13,17H,5-6,11,14-16H2,1H3. The zero-order chi connectivity index (χ0) is 18.5. The van der Waals surface area contributed by atoms with E-state index < -0.39 is 0 Å². The fourth-order valence-corrected chi connectivity index (χ4v) is 3.40. The van der Waals surface area contributed by atoms with Crippen LogP contribution in [0.15, 0.2) is 60.9 Å². The molecule has 0 aliphatic carbocycles. The summed E-state index contributed by atoms with van der Waals surface area (Å²) in [5, 5.41) is 0. The van der Waals surface area contributed by atoms with Crippen molar-refractivity contribution in [3.05, 3.63) is 66.5 Å². The predicted octanol–water partition coefficient (Wildman–Crippen LogP) is 3.82. The van der Waals surface area contributed by atoms with Gasteiger partial charge in [-0.15, -0.1) is 0 Å². The monoisotopic (exact) mass is 359 g/mol. The Kier molecular flexibility index (Phi) is 5.28. The maximum atomic E-state index is 4.87. The van der Waals surface area contributed by atoms with Crippen LogP contribution < -0.4 is 9.80 Å². The van der Waals surface area contributed by atoms with Crippen molar-refractivity contribution in [3.63, 3.8) is 0 Å². The molecule has 1 aliphatic rings. The SMILES string of the molecule is CN(CCc1ccncc1)c1cc(N2CCCC2)nc(-c2ccccc2)n1. The molecule has 3 heterocycles. The Balaban J connectivity index is 1.61. The molecule has 138 valence electrons. The maximum Gasteiger partial charge on any atom is 0.163 e. The van der Waals surface area contributed by atoms with Crippen LogP contribution in [0.4, 0.5) is 11.6 Å².